The monoisotopic (exact) mass is 716 g/mol. The van der Waals surface area contributed by atoms with E-state index in [0.717, 1.165) is 44.7 Å². The zero-order valence-electron chi connectivity index (χ0n) is 23.3. The predicted molar refractivity (Wildman–Crippen MR) is 163 cm³/mol. The van der Waals surface area contributed by atoms with Crippen molar-refractivity contribution in [3.8, 4) is 17.3 Å². The summed E-state index contributed by atoms with van der Waals surface area (Å²) in [5.41, 5.74) is 6.44. The molecule has 0 spiro atoms. The number of pyridine rings is 1. The number of para-hydroxylation sites is 3. The Balaban J connectivity index is 0.00000302. The topological polar surface area (TPSA) is 33.5 Å². The molecule has 6 aromatic rings. The Kier molecular flexibility index (Phi) is 6.87. The van der Waals surface area contributed by atoms with Gasteiger partial charge >= 0.3 is 0 Å². The molecule has 5 nitrogen and oxygen atoms in total. The summed E-state index contributed by atoms with van der Waals surface area (Å²) < 4.78 is 8.68. The maximum atomic E-state index is 6.51. The summed E-state index contributed by atoms with van der Waals surface area (Å²) in [6, 6.07) is 38.0. The van der Waals surface area contributed by atoms with E-state index < -0.39 is 0 Å². The summed E-state index contributed by atoms with van der Waals surface area (Å²) >= 11 is 0. The number of ether oxygens (including phenoxy) is 1. The van der Waals surface area contributed by atoms with Gasteiger partial charge in [-0.2, -0.15) is 6.67 Å². The van der Waals surface area contributed by atoms with E-state index in [4.69, 9.17) is 4.74 Å². The fraction of sp³-hybridized carbons (Fsp3) is 0.143. The minimum Gasteiger partial charge on any atom is -0.509 e. The third kappa shape index (κ3) is 4.79. The molecule has 0 aliphatic carbocycles. The molecule has 0 fully saturated rings. The summed E-state index contributed by atoms with van der Waals surface area (Å²) in [5.74, 6) is 2.18. The molecular formula is C35H29N4OPt-3. The van der Waals surface area contributed by atoms with E-state index in [-0.39, 0.29) is 26.5 Å². The smallest absolute Gasteiger partial charge is 0.126 e. The summed E-state index contributed by atoms with van der Waals surface area (Å²) in [4.78, 5) is 8.92. The Morgan fingerprint density at radius 3 is 2.34 bits per heavy atom. The van der Waals surface area contributed by atoms with Crippen LogP contribution in [0.25, 0.3) is 27.6 Å². The summed E-state index contributed by atoms with van der Waals surface area (Å²) in [6.45, 7) is 8.74. The van der Waals surface area contributed by atoms with Crippen LogP contribution in [-0.4, -0.2) is 16.6 Å². The summed E-state index contributed by atoms with van der Waals surface area (Å²) in [7, 11) is 2.06. The molecule has 41 heavy (non-hydrogen) atoms. The van der Waals surface area contributed by atoms with E-state index in [9.17, 15) is 0 Å². The van der Waals surface area contributed by atoms with E-state index in [2.05, 4.69) is 133 Å². The molecule has 6 heteroatoms. The molecule has 0 saturated heterocycles. The summed E-state index contributed by atoms with van der Waals surface area (Å²) in [6.07, 6.45) is 1.82. The molecular weight excluding hydrogens is 687 g/mol. The number of hydrogen-bond acceptors (Lipinski definition) is 4. The second-order valence-corrected chi connectivity index (χ2v) is 11.2. The third-order valence-electron chi connectivity index (χ3n) is 7.44. The van der Waals surface area contributed by atoms with Crippen LogP contribution in [0.3, 0.4) is 0 Å². The number of fused-ring (bicyclic) bond motifs is 4. The molecule has 1 aliphatic rings. The molecule has 208 valence electrons. The van der Waals surface area contributed by atoms with E-state index in [1.807, 2.05) is 30.5 Å². The van der Waals surface area contributed by atoms with Gasteiger partial charge in [-0.25, -0.2) is 4.98 Å². The standard InChI is InChI=1S/C35H29N4O.Pt/c1-35(2,3)24-19-25(38-23-37(4)32-13-7-8-14-33(32)38)21-27(20-24)40-26-16-17-31-29(22-26)28-11-5-6-12-30(28)39(31)34-15-9-10-18-36-34;/h5-15,17-20,22-23H,1-4H3;/q-3;. The van der Waals surface area contributed by atoms with E-state index in [1.165, 1.54) is 5.56 Å². The minimum absolute atomic E-state index is 0. The number of anilines is 3. The van der Waals surface area contributed by atoms with Crippen molar-refractivity contribution in [2.45, 2.75) is 26.2 Å². The largest absolute Gasteiger partial charge is 0.509 e. The Bertz CT molecular complexity index is 1870. The van der Waals surface area contributed by atoms with Gasteiger partial charge in [-0.05, 0) is 48.2 Å². The fourth-order valence-electron chi connectivity index (χ4n) is 5.40. The van der Waals surface area contributed by atoms with Crippen LogP contribution in [0.2, 0.25) is 0 Å². The van der Waals surface area contributed by atoms with Gasteiger partial charge in [-0.1, -0.05) is 68.1 Å². The van der Waals surface area contributed by atoms with E-state index >= 15 is 0 Å². The average Bonchev–Trinajstić information content (AvgIpc) is 3.48. The molecule has 0 radical (unpaired) electrons. The first-order valence-electron chi connectivity index (χ1n) is 13.4. The molecule has 4 aromatic carbocycles. The molecule has 0 amide bonds. The van der Waals surface area contributed by atoms with Crippen LogP contribution < -0.4 is 14.5 Å². The molecule has 0 saturated carbocycles. The zero-order valence-corrected chi connectivity index (χ0v) is 25.6. The van der Waals surface area contributed by atoms with Crippen molar-refractivity contribution in [1.82, 2.24) is 9.55 Å². The SMILES string of the molecule is CN1[CH-]N(c2[c-]c(Oc3[c-]cc4c(c3)c3ccccc3n4-c3ccccn3)cc(C(C)(C)C)c2)c2ccccc21.[Pt]. The molecule has 7 rings (SSSR count). The van der Waals surface area contributed by atoms with Gasteiger partial charge in [0.15, 0.2) is 0 Å². The Morgan fingerprint density at radius 2 is 1.56 bits per heavy atom. The molecule has 2 aromatic heterocycles. The first-order valence-corrected chi connectivity index (χ1v) is 13.4. The number of aromatic nitrogens is 2. The van der Waals surface area contributed by atoms with Crippen molar-refractivity contribution >= 4 is 38.9 Å². The maximum Gasteiger partial charge on any atom is 0.126 e. The van der Waals surface area contributed by atoms with Crippen LogP contribution >= 0.6 is 0 Å². The second kappa shape index (κ2) is 10.4. The van der Waals surface area contributed by atoms with Crippen LogP contribution in [0.1, 0.15) is 26.3 Å². The van der Waals surface area contributed by atoms with Gasteiger partial charge in [-0.3, -0.25) is 0 Å². The molecule has 0 bridgehead atoms. The van der Waals surface area contributed by atoms with Crippen molar-refractivity contribution in [3.05, 3.63) is 122 Å². The predicted octanol–water partition coefficient (Wildman–Crippen LogP) is 8.57. The van der Waals surface area contributed by atoms with Gasteiger partial charge < -0.3 is 19.1 Å². The van der Waals surface area contributed by atoms with Crippen molar-refractivity contribution in [1.29, 1.82) is 0 Å². The Hall–Kier alpha value is -4.08. The molecule has 0 atom stereocenters. The van der Waals surface area contributed by atoms with Gasteiger partial charge in [0.1, 0.15) is 5.82 Å². The van der Waals surface area contributed by atoms with Crippen LogP contribution in [0, 0.1) is 18.8 Å². The molecule has 1 aliphatic heterocycles. The normalized spacial score (nSPS) is 13.0. The van der Waals surface area contributed by atoms with Crippen molar-refractivity contribution in [3.63, 3.8) is 0 Å². The Labute approximate surface area is 255 Å². The molecule has 0 unspecified atom stereocenters. The number of rotatable bonds is 4. The zero-order chi connectivity index (χ0) is 27.4. The van der Waals surface area contributed by atoms with Gasteiger partial charge in [0, 0.05) is 55.7 Å². The van der Waals surface area contributed by atoms with Gasteiger partial charge in [0.25, 0.3) is 0 Å². The quantitative estimate of drug-likeness (QED) is 0.171. The average molecular weight is 717 g/mol. The van der Waals surface area contributed by atoms with Gasteiger partial charge in [-0.15, -0.1) is 47.6 Å². The first-order chi connectivity index (χ1) is 19.4. The molecule has 0 N–H and O–H groups in total. The number of benzene rings is 4. The molecule has 3 heterocycles. The Morgan fingerprint density at radius 1 is 0.805 bits per heavy atom. The number of hydrogen-bond donors (Lipinski definition) is 0. The van der Waals surface area contributed by atoms with E-state index in [1.54, 1.807) is 0 Å². The van der Waals surface area contributed by atoms with Crippen LogP contribution in [0.4, 0.5) is 17.1 Å². The third-order valence-corrected chi connectivity index (χ3v) is 7.44. The number of nitrogens with zero attached hydrogens (tertiary/aromatic N) is 4. The van der Waals surface area contributed by atoms with Crippen LogP contribution in [-0.2, 0) is 26.5 Å². The fourth-order valence-corrected chi connectivity index (χ4v) is 5.40. The van der Waals surface area contributed by atoms with Gasteiger partial charge in [0.2, 0.25) is 0 Å². The van der Waals surface area contributed by atoms with Crippen molar-refractivity contribution in [2.24, 2.45) is 0 Å². The van der Waals surface area contributed by atoms with Gasteiger partial charge in [0.05, 0.1) is 0 Å². The maximum absolute atomic E-state index is 6.51. The first kappa shape index (κ1) is 27.1. The van der Waals surface area contributed by atoms with Crippen molar-refractivity contribution < 1.29 is 25.8 Å². The van der Waals surface area contributed by atoms with Crippen LogP contribution in [0.15, 0.2) is 97.2 Å². The summed E-state index contributed by atoms with van der Waals surface area (Å²) in [5, 5.41) is 2.23. The van der Waals surface area contributed by atoms with Crippen molar-refractivity contribution in [2.75, 3.05) is 16.8 Å². The van der Waals surface area contributed by atoms with E-state index in [0.29, 0.717) is 11.5 Å². The minimum atomic E-state index is -0.0725. The second-order valence-electron chi connectivity index (χ2n) is 11.2. The van der Waals surface area contributed by atoms with Crippen LogP contribution in [0.5, 0.6) is 11.5 Å².